The van der Waals surface area contributed by atoms with Crippen LogP contribution in [-0.2, 0) is 14.9 Å². The van der Waals surface area contributed by atoms with E-state index in [9.17, 15) is 13.5 Å². The maximum Gasteiger partial charge on any atom is 0.277 e. The lowest BCUT2D eigenvalue weighted by Crippen LogP contribution is -2.50. The molecule has 0 aliphatic carbocycles. The van der Waals surface area contributed by atoms with E-state index in [4.69, 9.17) is 4.74 Å². The van der Waals surface area contributed by atoms with E-state index in [0.29, 0.717) is 19.6 Å². The van der Waals surface area contributed by atoms with Crippen LogP contribution in [0.5, 0.6) is 0 Å². The number of aliphatic hydroxyl groups is 1. The van der Waals surface area contributed by atoms with Gasteiger partial charge in [0.2, 0.25) is 0 Å². The zero-order valence-electron chi connectivity index (χ0n) is 10.6. The van der Waals surface area contributed by atoms with E-state index in [-0.39, 0.29) is 18.6 Å². The summed E-state index contributed by atoms with van der Waals surface area (Å²) in [6.07, 6.45) is 0.0937. The third kappa shape index (κ3) is 4.51. The van der Waals surface area contributed by atoms with Crippen molar-refractivity contribution in [1.29, 1.82) is 0 Å². The van der Waals surface area contributed by atoms with Crippen LogP contribution in [0.2, 0.25) is 0 Å². The van der Waals surface area contributed by atoms with Gasteiger partial charge in [0.1, 0.15) is 5.60 Å². The Morgan fingerprint density at radius 3 is 2.59 bits per heavy atom. The molecule has 1 rings (SSSR count). The average molecular weight is 266 g/mol. The number of nitrogens with one attached hydrogen (secondary N) is 2. The van der Waals surface area contributed by atoms with Crippen molar-refractivity contribution in [3.8, 4) is 0 Å². The minimum atomic E-state index is -3.54. The Bertz CT molecular complexity index is 344. The van der Waals surface area contributed by atoms with Crippen molar-refractivity contribution < 1.29 is 18.3 Å². The third-order valence-corrected chi connectivity index (χ3v) is 3.98. The molecule has 0 saturated carbocycles. The van der Waals surface area contributed by atoms with Gasteiger partial charge in [-0.3, -0.25) is 0 Å². The zero-order chi connectivity index (χ0) is 13.1. The van der Waals surface area contributed by atoms with E-state index in [0.717, 1.165) is 0 Å². The Hall–Kier alpha value is -0.210. The van der Waals surface area contributed by atoms with E-state index in [1.165, 1.54) is 0 Å². The molecular formula is C10H22N2O4S. The molecular weight excluding hydrogens is 244 g/mol. The largest absolute Gasteiger partial charge is 0.386 e. The highest BCUT2D eigenvalue weighted by Gasteiger charge is 2.40. The molecule has 0 bridgehead atoms. The second-order valence-corrected chi connectivity index (χ2v) is 6.52. The molecule has 2 atom stereocenters. The van der Waals surface area contributed by atoms with Crippen LogP contribution in [0.3, 0.4) is 0 Å². The van der Waals surface area contributed by atoms with E-state index in [2.05, 4.69) is 9.44 Å². The first kappa shape index (κ1) is 14.8. The van der Waals surface area contributed by atoms with Crippen molar-refractivity contribution in [1.82, 2.24) is 9.44 Å². The maximum absolute atomic E-state index is 11.6. The molecule has 17 heavy (non-hydrogen) atoms. The molecule has 0 spiro atoms. The highest BCUT2D eigenvalue weighted by Crippen LogP contribution is 2.24. The summed E-state index contributed by atoms with van der Waals surface area (Å²) in [7, 11) is -3.54. The smallest absolute Gasteiger partial charge is 0.277 e. The van der Waals surface area contributed by atoms with Crippen LogP contribution in [0, 0.1) is 5.92 Å². The summed E-state index contributed by atoms with van der Waals surface area (Å²) in [5, 5.41) is 10.1. The predicted molar refractivity (Wildman–Crippen MR) is 64.7 cm³/mol. The van der Waals surface area contributed by atoms with Gasteiger partial charge in [-0.15, -0.1) is 0 Å². The van der Waals surface area contributed by atoms with Crippen molar-refractivity contribution in [3.05, 3.63) is 0 Å². The molecule has 1 aliphatic rings. The normalized spacial score (nSPS) is 30.1. The third-order valence-electron chi connectivity index (χ3n) is 2.91. The lowest BCUT2D eigenvalue weighted by Gasteiger charge is -2.26. The summed E-state index contributed by atoms with van der Waals surface area (Å²) in [6, 6.07) is 0. The maximum atomic E-state index is 11.6. The monoisotopic (exact) mass is 266 g/mol. The van der Waals surface area contributed by atoms with Crippen LogP contribution >= 0.6 is 0 Å². The summed E-state index contributed by atoms with van der Waals surface area (Å²) in [6.45, 7) is 6.38. The van der Waals surface area contributed by atoms with E-state index in [1.54, 1.807) is 6.92 Å². The first-order chi connectivity index (χ1) is 7.75. The number of rotatable bonds is 6. The van der Waals surface area contributed by atoms with Gasteiger partial charge < -0.3 is 9.84 Å². The van der Waals surface area contributed by atoms with Gasteiger partial charge in [0, 0.05) is 26.1 Å². The van der Waals surface area contributed by atoms with Gasteiger partial charge >= 0.3 is 0 Å². The summed E-state index contributed by atoms with van der Waals surface area (Å²) in [4.78, 5) is 0. The van der Waals surface area contributed by atoms with Gasteiger partial charge in [-0.2, -0.15) is 13.1 Å². The van der Waals surface area contributed by atoms with Gasteiger partial charge in [-0.25, -0.2) is 4.72 Å². The summed E-state index contributed by atoms with van der Waals surface area (Å²) in [5.41, 5.74) is -1.10. The van der Waals surface area contributed by atoms with E-state index >= 15 is 0 Å². The van der Waals surface area contributed by atoms with Crippen LogP contribution in [0.25, 0.3) is 0 Å². The van der Waals surface area contributed by atoms with E-state index < -0.39 is 15.8 Å². The van der Waals surface area contributed by atoms with Gasteiger partial charge in [-0.05, 0) is 12.8 Å². The molecule has 3 N–H and O–H groups in total. The van der Waals surface area contributed by atoms with Crippen molar-refractivity contribution in [2.24, 2.45) is 5.92 Å². The Balaban J connectivity index is 2.44. The van der Waals surface area contributed by atoms with Gasteiger partial charge in [0.05, 0.1) is 6.10 Å². The van der Waals surface area contributed by atoms with Gasteiger partial charge in [-0.1, -0.05) is 13.8 Å². The summed E-state index contributed by atoms with van der Waals surface area (Å²) in [5.74, 6) is 0.239. The van der Waals surface area contributed by atoms with Crippen molar-refractivity contribution in [3.63, 3.8) is 0 Å². The molecule has 2 unspecified atom stereocenters. The zero-order valence-corrected chi connectivity index (χ0v) is 11.4. The van der Waals surface area contributed by atoms with Crippen LogP contribution in [0.4, 0.5) is 0 Å². The Labute approximate surface area is 103 Å². The number of hydrogen-bond donors (Lipinski definition) is 3. The first-order valence-electron chi connectivity index (χ1n) is 5.83. The molecule has 0 radical (unpaired) electrons. The summed E-state index contributed by atoms with van der Waals surface area (Å²) >= 11 is 0. The number of ether oxygens (including phenoxy) is 1. The van der Waals surface area contributed by atoms with Gasteiger partial charge in [0.15, 0.2) is 0 Å². The SMILES string of the molecule is CC(C)CNS(=O)(=O)NCC1(O)CCOC1C. The topological polar surface area (TPSA) is 87.7 Å². The Kier molecular flexibility index (Phi) is 4.91. The molecule has 0 aromatic carbocycles. The van der Waals surface area contributed by atoms with Crippen molar-refractivity contribution in [2.45, 2.75) is 38.9 Å². The highest BCUT2D eigenvalue weighted by atomic mass is 32.2. The van der Waals surface area contributed by atoms with Crippen LogP contribution in [0.15, 0.2) is 0 Å². The van der Waals surface area contributed by atoms with Crippen LogP contribution in [-0.4, -0.2) is 44.9 Å². The van der Waals surface area contributed by atoms with Crippen molar-refractivity contribution >= 4 is 10.2 Å². The highest BCUT2D eigenvalue weighted by molar-refractivity contribution is 7.87. The first-order valence-corrected chi connectivity index (χ1v) is 7.32. The second kappa shape index (κ2) is 5.62. The van der Waals surface area contributed by atoms with Crippen molar-refractivity contribution in [2.75, 3.05) is 19.7 Å². The fourth-order valence-corrected chi connectivity index (χ4v) is 2.65. The van der Waals surface area contributed by atoms with Gasteiger partial charge in [0.25, 0.3) is 10.2 Å². The molecule has 1 saturated heterocycles. The molecule has 1 fully saturated rings. The fourth-order valence-electron chi connectivity index (χ4n) is 1.55. The lowest BCUT2D eigenvalue weighted by atomic mass is 9.97. The molecule has 0 aromatic rings. The Morgan fingerprint density at radius 2 is 2.12 bits per heavy atom. The van der Waals surface area contributed by atoms with E-state index in [1.807, 2.05) is 13.8 Å². The summed E-state index contributed by atoms with van der Waals surface area (Å²) < 4.78 is 33.1. The van der Waals surface area contributed by atoms with Crippen LogP contribution in [0.1, 0.15) is 27.2 Å². The second-order valence-electron chi connectivity index (χ2n) is 4.93. The quantitative estimate of drug-likeness (QED) is 0.611. The number of hydrogen-bond acceptors (Lipinski definition) is 4. The fraction of sp³-hybridized carbons (Fsp3) is 1.00. The standard InChI is InChI=1S/C10H22N2O4S/c1-8(2)6-11-17(14,15)12-7-10(13)4-5-16-9(10)3/h8-9,11-13H,4-7H2,1-3H3. The molecule has 1 heterocycles. The molecule has 7 heteroatoms. The average Bonchev–Trinajstić information content (AvgIpc) is 2.55. The minimum Gasteiger partial charge on any atom is -0.386 e. The molecule has 0 aromatic heterocycles. The lowest BCUT2D eigenvalue weighted by molar-refractivity contribution is -0.0228. The molecule has 1 aliphatic heterocycles. The predicted octanol–water partition coefficient (Wildman–Crippen LogP) is -0.394. The molecule has 0 amide bonds. The Morgan fingerprint density at radius 1 is 1.47 bits per heavy atom. The minimum absolute atomic E-state index is 0.0262. The molecule has 6 nitrogen and oxygen atoms in total. The van der Waals surface area contributed by atoms with Crippen LogP contribution < -0.4 is 9.44 Å². The molecule has 102 valence electrons.